The Morgan fingerprint density at radius 2 is 1.88 bits per heavy atom. The summed E-state index contributed by atoms with van der Waals surface area (Å²) in [7, 11) is 0. The van der Waals surface area contributed by atoms with E-state index in [1.54, 1.807) is 10.6 Å². The minimum Gasteiger partial charge on any atom is -0.369 e. The molecule has 0 atom stereocenters. The lowest BCUT2D eigenvalue weighted by atomic mass is 10.2. The van der Waals surface area contributed by atoms with Gasteiger partial charge >= 0.3 is 5.69 Å². The molecule has 4 rings (SSSR count). The fourth-order valence-corrected chi connectivity index (χ4v) is 3.25. The molecule has 0 bridgehead atoms. The van der Waals surface area contributed by atoms with E-state index in [1.165, 1.54) is 4.68 Å². The highest BCUT2D eigenvalue weighted by Crippen LogP contribution is 2.20. The molecule has 7 heteroatoms. The van der Waals surface area contributed by atoms with Gasteiger partial charge in [0, 0.05) is 43.1 Å². The number of piperazine rings is 1. The molecule has 3 heterocycles. The molecule has 1 aliphatic rings. The second kappa shape index (κ2) is 6.30. The van der Waals surface area contributed by atoms with Crippen molar-refractivity contribution in [1.29, 1.82) is 0 Å². The third kappa shape index (κ3) is 2.90. The lowest BCUT2D eigenvalue weighted by molar-refractivity contribution is 0.193. The van der Waals surface area contributed by atoms with Gasteiger partial charge in [-0.05, 0) is 30.3 Å². The van der Waals surface area contributed by atoms with Crippen LogP contribution in [-0.4, -0.2) is 45.3 Å². The molecule has 1 saturated heterocycles. The van der Waals surface area contributed by atoms with Crippen molar-refractivity contribution in [2.75, 3.05) is 31.1 Å². The number of fused-ring (bicyclic) bond motifs is 1. The van der Waals surface area contributed by atoms with Gasteiger partial charge in [0.15, 0.2) is 5.65 Å². The maximum absolute atomic E-state index is 12.3. The standard InChI is InChI=1S/C17H18ClN5O/c18-14-4-3-5-15(12-14)21-10-8-20(9-11-21)13-23-17(24)22-7-2-1-6-16(22)19-23/h1-7,12H,8-11,13H2. The summed E-state index contributed by atoms with van der Waals surface area (Å²) < 4.78 is 3.10. The van der Waals surface area contributed by atoms with Gasteiger partial charge < -0.3 is 4.90 Å². The zero-order valence-electron chi connectivity index (χ0n) is 13.2. The number of benzene rings is 1. The van der Waals surface area contributed by atoms with Crippen molar-refractivity contribution in [3.8, 4) is 0 Å². The van der Waals surface area contributed by atoms with Crippen LogP contribution in [0.25, 0.3) is 5.65 Å². The van der Waals surface area contributed by atoms with Crippen molar-refractivity contribution in [2.45, 2.75) is 6.67 Å². The topological polar surface area (TPSA) is 45.8 Å². The Labute approximate surface area is 144 Å². The fourth-order valence-electron chi connectivity index (χ4n) is 3.07. The molecule has 124 valence electrons. The first kappa shape index (κ1) is 15.2. The molecular formula is C17H18ClN5O. The lowest BCUT2D eigenvalue weighted by Crippen LogP contribution is -2.47. The van der Waals surface area contributed by atoms with Crippen LogP contribution in [0.5, 0.6) is 0 Å². The van der Waals surface area contributed by atoms with Crippen LogP contribution in [0.15, 0.2) is 53.5 Å². The Balaban J connectivity index is 1.44. The van der Waals surface area contributed by atoms with Crippen LogP contribution in [0.2, 0.25) is 5.02 Å². The summed E-state index contributed by atoms with van der Waals surface area (Å²) in [4.78, 5) is 16.9. The van der Waals surface area contributed by atoms with E-state index >= 15 is 0 Å². The van der Waals surface area contributed by atoms with E-state index in [0.29, 0.717) is 12.3 Å². The molecule has 0 aliphatic carbocycles. The Kier molecular flexibility index (Phi) is 4.00. The number of halogens is 1. The molecule has 3 aromatic rings. The van der Waals surface area contributed by atoms with Gasteiger partial charge in [0.05, 0.1) is 6.67 Å². The number of anilines is 1. The van der Waals surface area contributed by atoms with Gasteiger partial charge in [-0.15, -0.1) is 5.10 Å². The molecule has 0 spiro atoms. The second-order valence-electron chi connectivity index (χ2n) is 5.94. The predicted molar refractivity (Wildman–Crippen MR) is 94.7 cm³/mol. The average molecular weight is 344 g/mol. The lowest BCUT2D eigenvalue weighted by Gasteiger charge is -2.35. The van der Waals surface area contributed by atoms with Crippen molar-refractivity contribution in [3.63, 3.8) is 0 Å². The predicted octanol–water partition coefficient (Wildman–Crippen LogP) is 1.93. The van der Waals surface area contributed by atoms with Crippen LogP contribution in [0.3, 0.4) is 0 Å². The minimum absolute atomic E-state index is 0.0946. The number of nitrogens with zero attached hydrogens (tertiary/aromatic N) is 5. The number of hydrogen-bond donors (Lipinski definition) is 0. The molecule has 2 aromatic heterocycles. The van der Waals surface area contributed by atoms with Gasteiger partial charge in [0.1, 0.15) is 0 Å². The van der Waals surface area contributed by atoms with E-state index in [0.717, 1.165) is 36.9 Å². The van der Waals surface area contributed by atoms with Crippen LogP contribution in [0, 0.1) is 0 Å². The monoisotopic (exact) mass is 343 g/mol. The van der Waals surface area contributed by atoms with Crippen LogP contribution < -0.4 is 10.6 Å². The van der Waals surface area contributed by atoms with E-state index in [9.17, 15) is 4.79 Å². The van der Waals surface area contributed by atoms with Crippen LogP contribution in [-0.2, 0) is 6.67 Å². The summed E-state index contributed by atoms with van der Waals surface area (Å²) in [6.07, 6.45) is 1.75. The van der Waals surface area contributed by atoms with Crippen molar-refractivity contribution in [3.05, 3.63) is 64.2 Å². The Morgan fingerprint density at radius 3 is 2.62 bits per heavy atom. The largest absolute Gasteiger partial charge is 0.369 e. The fraction of sp³-hybridized carbons (Fsp3) is 0.294. The number of rotatable bonds is 3. The number of hydrogen-bond acceptors (Lipinski definition) is 4. The second-order valence-corrected chi connectivity index (χ2v) is 6.37. The molecule has 6 nitrogen and oxygen atoms in total. The summed E-state index contributed by atoms with van der Waals surface area (Å²) in [6.45, 7) is 4.09. The first-order valence-electron chi connectivity index (χ1n) is 7.98. The van der Waals surface area contributed by atoms with Crippen molar-refractivity contribution >= 4 is 22.9 Å². The first-order chi connectivity index (χ1) is 11.7. The maximum atomic E-state index is 12.3. The summed E-state index contributed by atoms with van der Waals surface area (Å²) in [5.74, 6) is 0. The SMILES string of the molecule is O=c1n(CN2CCN(c3cccc(Cl)c3)CC2)nc2ccccn12. The van der Waals surface area contributed by atoms with Crippen LogP contribution >= 0.6 is 11.6 Å². The molecule has 0 N–H and O–H groups in total. The highest BCUT2D eigenvalue weighted by molar-refractivity contribution is 6.30. The number of pyridine rings is 1. The van der Waals surface area contributed by atoms with Gasteiger partial charge in [-0.1, -0.05) is 23.7 Å². The van der Waals surface area contributed by atoms with E-state index in [4.69, 9.17) is 11.6 Å². The molecule has 24 heavy (non-hydrogen) atoms. The van der Waals surface area contributed by atoms with E-state index in [1.807, 2.05) is 36.4 Å². The van der Waals surface area contributed by atoms with Gasteiger partial charge in [-0.3, -0.25) is 9.30 Å². The Hall–Kier alpha value is -2.31. The minimum atomic E-state index is -0.0946. The first-order valence-corrected chi connectivity index (χ1v) is 8.35. The molecule has 0 amide bonds. The molecule has 0 saturated carbocycles. The zero-order valence-corrected chi connectivity index (χ0v) is 13.9. The molecular weight excluding hydrogens is 326 g/mol. The van der Waals surface area contributed by atoms with Crippen LogP contribution in [0.1, 0.15) is 0 Å². The smallest absolute Gasteiger partial charge is 0.351 e. The molecule has 0 radical (unpaired) electrons. The average Bonchev–Trinajstić information content (AvgIpc) is 2.92. The summed E-state index contributed by atoms with van der Waals surface area (Å²) in [5, 5.41) is 5.15. The third-order valence-corrected chi connectivity index (χ3v) is 4.60. The highest BCUT2D eigenvalue weighted by atomic mass is 35.5. The highest BCUT2D eigenvalue weighted by Gasteiger charge is 2.19. The van der Waals surface area contributed by atoms with Crippen molar-refractivity contribution < 1.29 is 0 Å². The van der Waals surface area contributed by atoms with Gasteiger partial charge in [-0.2, -0.15) is 4.68 Å². The van der Waals surface area contributed by atoms with E-state index < -0.39 is 0 Å². The van der Waals surface area contributed by atoms with Gasteiger partial charge in [-0.25, -0.2) is 4.79 Å². The summed E-state index contributed by atoms with van der Waals surface area (Å²) >= 11 is 6.07. The summed E-state index contributed by atoms with van der Waals surface area (Å²) in [5.41, 5.74) is 1.73. The Morgan fingerprint density at radius 1 is 1.04 bits per heavy atom. The van der Waals surface area contributed by atoms with E-state index in [-0.39, 0.29) is 5.69 Å². The van der Waals surface area contributed by atoms with Gasteiger partial charge in [0.2, 0.25) is 0 Å². The van der Waals surface area contributed by atoms with E-state index in [2.05, 4.69) is 21.0 Å². The number of aromatic nitrogens is 3. The maximum Gasteiger partial charge on any atom is 0.351 e. The molecule has 1 aromatic carbocycles. The quantitative estimate of drug-likeness (QED) is 0.729. The zero-order chi connectivity index (χ0) is 16.5. The normalized spacial score (nSPS) is 16.0. The third-order valence-electron chi connectivity index (χ3n) is 4.37. The van der Waals surface area contributed by atoms with Crippen molar-refractivity contribution in [1.82, 2.24) is 19.1 Å². The molecule has 0 unspecified atom stereocenters. The molecule has 1 fully saturated rings. The Bertz CT molecular complexity index is 910. The molecule has 1 aliphatic heterocycles. The van der Waals surface area contributed by atoms with Crippen LogP contribution in [0.4, 0.5) is 5.69 Å². The van der Waals surface area contributed by atoms with Gasteiger partial charge in [0.25, 0.3) is 0 Å². The van der Waals surface area contributed by atoms with Crippen molar-refractivity contribution in [2.24, 2.45) is 0 Å². The summed E-state index contributed by atoms with van der Waals surface area (Å²) in [6, 6.07) is 13.5.